The van der Waals surface area contributed by atoms with Gasteiger partial charge in [0.2, 0.25) is 5.91 Å². The Hall–Kier alpha value is -1.59. The number of hydrogen-bond acceptors (Lipinski definition) is 3. The van der Waals surface area contributed by atoms with Crippen LogP contribution < -0.4 is 5.73 Å². The van der Waals surface area contributed by atoms with Crippen LogP contribution >= 0.6 is 11.6 Å². The van der Waals surface area contributed by atoms with E-state index in [0.717, 1.165) is 5.56 Å². The highest BCUT2D eigenvalue weighted by Crippen LogP contribution is 2.29. The summed E-state index contributed by atoms with van der Waals surface area (Å²) in [6.07, 6.45) is 0.129. The first kappa shape index (κ1) is 13.8. The number of rotatable bonds is 4. The highest BCUT2D eigenvalue weighted by atomic mass is 35.5. The van der Waals surface area contributed by atoms with Crippen molar-refractivity contribution in [3.8, 4) is 0 Å². The molecule has 1 amide bonds. The number of nitrogens with two attached hydrogens (primary N) is 1. The fourth-order valence-electron chi connectivity index (χ4n) is 2.32. The van der Waals surface area contributed by atoms with Gasteiger partial charge in [0.25, 0.3) is 0 Å². The molecule has 1 fully saturated rings. The van der Waals surface area contributed by atoms with Crippen LogP contribution in [-0.4, -0.2) is 34.5 Å². The van der Waals surface area contributed by atoms with Crippen molar-refractivity contribution in [1.29, 1.82) is 0 Å². The van der Waals surface area contributed by atoms with E-state index >= 15 is 0 Å². The van der Waals surface area contributed by atoms with Crippen molar-refractivity contribution < 1.29 is 14.7 Å². The summed E-state index contributed by atoms with van der Waals surface area (Å²) in [6.45, 7) is 0.388. The summed E-state index contributed by atoms with van der Waals surface area (Å²) >= 11 is 5.82. The Morgan fingerprint density at radius 2 is 2.11 bits per heavy atom. The van der Waals surface area contributed by atoms with Crippen LogP contribution in [0.1, 0.15) is 24.4 Å². The number of hydrogen-bond donors (Lipinski definition) is 2. The molecule has 19 heavy (non-hydrogen) atoms. The van der Waals surface area contributed by atoms with E-state index in [1.54, 1.807) is 29.2 Å². The van der Waals surface area contributed by atoms with Crippen LogP contribution in [0.3, 0.4) is 0 Å². The average Bonchev–Trinajstić information content (AvgIpc) is 2.66. The molecule has 1 aliphatic heterocycles. The predicted octanol–water partition coefficient (Wildman–Crippen LogP) is 1.42. The second-order valence-electron chi connectivity index (χ2n) is 4.68. The van der Waals surface area contributed by atoms with Crippen LogP contribution in [0.15, 0.2) is 24.3 Å². The minimum atomic E-state index is -0.951. The van der Waals surface area contributed by atoms with Gasteiger partial charge in [0, 0.05) is 24.0 Å². The van der Waals surface area contributed by atoms with Crippen molar-refractivity contribution in [2.75, 3.05) is 6.54 Å². The van der Waals surface area contributed by atoms with Gasteiger partial charge in [0.15, 0.2) is 0 Å². The molecule has 1 aliphatic rings. The Morgan fingerprint density at radius 1 is 1.47 bits per heavy atom. The Kier molecular flexibility index (Phi) is 4.07. The third-order valence-electron chi connectivity index (χ3n) is 3.19. The van der Waals surface area contributed by atoms with Crippen LogP contribution in [0.5, 0.6) is 0 Å². The lowest BCUT2D eigenvalue weighted by atomic mass is 10.0. The molecule has 6 heteroatoms. The van der Waals surface area contributed by atoms with Gasteiger partial charge in [-0.3, -0.25) is 9.59 Å². The summed E-state index contributed by atoms with van der Waals surface area (Å²) in [4.78, 5) is 24.4. The van der Waals surface area contributed by atoms with E-state index in [1.807, 2.05) is 0 Å². The van der Waals surface area contributed by atoms with E-state index in [9.17, 15) is 9.59 Å². The highest BCUT2D eigenvalue weighted by molar-refractivity contribution is 6.30. The molecule has 0 radical (unpaired) electrons. The van der Waals surface area contributed by atoms with E-state index in [2.05, 4.69) is 0 Å². The molecule has 1 saturated heterocycles. The molecule has 102 valence electrons. The lowest BCUT2D eigenvalue weighted by molar-refractivity contribution is -0.139. The SMILES string of the molecule is NC1CC(=O)N(C(CC(=O)O)c2ccc(Cl)cc2)C1. The summed E-state index contributed by atoms with van der Waals surface area (Å²) in [6, 6.07) is 6.14. The number of amides is 1. The first-order chi connectivity index (χ1) is 8.97. The van der Waals surface area contributed by atoms with E-state index in [-0.39, 0.29) is 24.8 Å². The van der Waals surface area contributed by atoms with Gasteiger partial charge in [-0.1, -0.05) is 23.7 Å². The number of benzene rings is 1. The third kappa shape index (κ3) is 3.24. The quantitative estimate of drug-likeness (QED) is 0.875. The Balaban J connectivity index is 2.28. The van der Waals surface area contributed by atoms with Gasteiger partial charge in [0.1, 0.15) is 0 Å². The molecule has 3 N–H and O–H groups in total. The standard InChI is InChI=1S/C13H15ClN2O3/c14-9-3-1-8(2-4-9)11(6-13(18)19)16-7-10(15)5-12(16)17/h1-4,10-11H,5-7,15H2,(H,18,19). The van der Waals surface area contributed by atoms with Crippen molar-refractivity contribution in [3.05, 3.63) is 34.9 Å². The van der Waals surface area contributed by atoms with Gasteiger partial charge in [-0.2, -0.15) is 0 Å². The van der Waals surface area contributed by atoms with Gasteiger partial charge < -0.3 is 15.7 Å². The summed E-state index contributed by atoms with van der Waals surface area (Å²) in [5.41, 5.74) is 6.51. The summed E-state index contributed by atoms with van der Waals surface area (Å²) < 4.78 is 0. The van der Waals surface area contributed by atoms with Crippen molar-refractivity contribution in [2.24, 2.45) is 5.73 Å². The molecule has 2 unspecified atom stereocenters. The zero-order valence-corrected chi connectivity index (χ0v) is 11.0. The summed E-state index contributed by atoms with van der Waals surface area (Å²) in [5, 5.41) is 9.59. The number of nitrogens with zero attached hydrogens (tertiary/aromatic N) is 1. The van der Waals surface area contributed by atoms with Gasteiger partial charge in [-0.05, 0) is 17.7 Å². The molecule has 0 aliphatic carbocycles. The fraction of sp³-hybridized carbons (Fsp3) is 0.385. The minimum Gasteiger partial charge on any atom is -0.481 e. The predicted molar refractivity (Wildman–Crippen MR) is 70.8 cm³/mol. The summed E-state index contributed by atoms with van der Waals surface area (Å²) in [7, 11) is 0. The molecule has 1 heterocycles. The maximum Gasteiger partial charge on any atom is 0.305 e. The highest BCUT2D eigenvalue weighted by Gasteiger charge is 2.34. The zero-order valence-electron chi connectivity index (χ0n) is 10.3. The second kappa shape index (κ2) is 5.59. The van der Waals surface area contributed by atoms with Crippen LogP contribution in [0.4, 0.5) is 0 Å². The maximum absolute atomic E-state index is 11.9. The Bertz CT molecular complexity index is 489. The Labute approximate surface area is 116 Å². The van der Waals surface area contributed by atoms with E-state index in [4.69, 9.17) is 22.4 Å². The summed E-state index contributed by atoms with van der Waals surface area (Å²) in [5.74, 6) is -1.05. The fourth-order valence-corrected chi connectivity index (χ4v) is 2.45. The molecular formula is C13H15ClN2O3. The number of carbonyl (C=O) groups is 2. The van der Waals surface area contributed by atoms with Crippen molar-refractivity contribution in [2.45, 2.75) is 24.9 Å². The molecule has 0 saturated carbocycles. The number of aliphatic carboxylic acids is 1. The van der Waals surface area contributed by atoms with Crippen LogP contribution in [0, 0.1) is 0 Å². The number of likely N-dealkylation sites (tertiary alicyclic amines) is 1. The van der Waals surface area contributed by atoms with Crippen molar-refractivity contribution in [3.63, 3.8) is 0 Å². The Morgan fingerprint density at radius 3 is 2.58 bits per heavy atom. The average molecular weight is 283 g/mol. The van der Waals surface area contributed by atoms with Gasteiger partial charge in [-0.25, -0.2) is 0 Å². The number of carboxylic acid groups (broad SMARTS) is 1. The van der Waals surface area contributed by atoms with Crippen molar-refractivity contribution in [1.82, 2.24) is 4.90 Å². The van der Waals surface area contributed by atoms with Crippen LogP contribution in [0.2, 0.25) is 5.02 Å². The van der Waals surface area contributed by atoms with Gasteiger partial charge in [0.05, 0.1) is 12.5 Å². The molecule has 1 aromatic rings. The van der Waals surface area contributed by atoms with E-state index in [0.29, 0.717) is 11.6 Å². The maximum atomic E-state index is 11.9. The first-order valence-corrected chi connectivity index (χ1v) is 6.37. The first-order valence-electron chi connectivity index (χ1n) is 5.99. The molecule has 1 aromatic carbocycles. The lowest BCUT2D eigenvalue weighted by Gasteiger charge is -2.27. The molecule has 5 nitrogen and oxygen atoms in total. The van der Waals surface area contributed by atoms with Gasteiger partial charge in [-0.15, -0.1) is 0 Å². The molecule has 0 aromatic heterocycles. The second-order valence-corrected chi connectivity index (χ2v) is 5.11. The molecule has 0 bridgehead atoms. The smallest absolute Gasteiger partial charge is 0.305 e. The number of halogens is 1. The van der Waals surface area contributed by atoms with E-state index in [1.165, 1.54) is 0 Å². The molecule has 2 atom stereocenters. The number of carbonyl (C=O) groups excluding carboxylic acids is 1. The largest absolute Gasteiger partial charge is 0.481 e. The topological polar surface area (TPSA) is 83.6 Å². The zero-order chi connectivity index (χ0) is 14.0. The molecule has 0 spiro atoms. The molecular weight excluding hydrogens is 268 g/mol. The van der Waals surface area contributed by atoms with Crippen molar-refractivity contribution >= 4 is 23.5 Å². The normalized spacial score (nSPS) is 20.6. The number of carboxylic acids is 1. The third-order valence-corrected chi connectivity index (χ3v) is 3.44. The molecule has 2 rings (SSSR count). The monoisotopic (exact) mass is 282 g/mol. The van der Waals surface area contributed by atoms with Gasteiger partial charge >= 0.3 is 5.97 Å². The van der Waals surface area contributed by atoms with Crippen LogP contribution in [0.25, 0.3) is 0 Å². The lowest BCUT2D eigenvalue weighted by Crippen LogP contribution is -2.33. The van der Waals surface area contributed by atoms with Crippen LogP contribution in [-0.2, 0) is 9.59 Å². The minimum absolute atomic E-state index is 0.103. The van der Waals surface area contributed by atoms with E-state index < -0.39 is 12.0 Å².